The number of benzene rings is 2. The number of carbonyl (C=O) groups is 1. The first-order valence-corrected chi connectivity index (χ1v) is 11.6. The molecule has 0 radical (unpaired) electrons. The molecule has 1 aliphatic rings. The standard InChI is InChI=1S/C25H27ClN6O2/c1-15-19-10-17(26)4-6-20(19)30-22(15)12-31-7-8-32(25(33)23(31)13-34-2)11-16-3-5-18-21(9-16)28-14-29-24(18)27/h3-6,9-10,14,23,30H,7-8,11-13H2,1-2H3,(H2,27,28,29). The van der Waals surface area contributed by atoms with E-state index < -0.39 is 0 Å². The average molecular weight is 479 g/mol. The van der Waals surface area contributed by atoms with Crippen LogP contribution in [0.25, 0.3) is 21.8 Å². The van der Waals surface area contributed by atoms with Crippen LogP contribution in [0.5, 0.6) is 0 Å². The molecule has 3 N–H and O–H groups in total. The van der Waals surface area contributed by atoms with Gasteiger partial charge in [-0.1, -0.05) is 17.7 Å². The number of nitrogens with one attached hydrogen (secondary N) is 1. The second-order valence-corrected chi connectivity index (χ2v) is 9.17. The van der Waals surface area contributed by atoms with E-state index in [0.717, 1.165) is 45.2 Å². The highest BCUT2D eigenvalue weighted by molar-refractivity contribution is 6.31. The molecular weight excluding hydrogens is 452 g/mol. The summed E-state index contributed by atoms with van der Waals surface area (Å²) in [6, 6.07) is 11.4. The van der Waals surface area contributed by atoms with Crippen LogP contribution in [0.3, 0.4) is 0 Å². The van der Waals surface area contributed by atoms with E-state index in [0.29, 0.717) is 37.1 Å². The Morgan fingerprint density at radius 2 is 2.00 bits per heavy atom. The number of hydrogen-bond acceptors (Lipinski definition) is 6. The molecule has 0 saturated carbocycles. The number of anilines is 1. The van der Waals surface area contributed by atoms with Crippen LogP contribution in [-0.4, -0.2) is 63.5 Å². The van der Waals surface area contributed by atoms with Crippen LogP contribution in [0, 0.1) is 6.92 Å². The van der Waals surface area contributed by atoms with Gasteiger partial charge in [0, 0.05) is 60.3 Å². The average Bonchev–Trinajstić information content (AvgIpc) is 3.13. The first-order chi connectivity index (χ1) is 16.4. The predicted molar refractivity (Wildman–Crippen MR) is 133 cm³/mol. The van der Waals surface area contributed by atoms with Gasteiger partial charge < -0.3 is 20.4 Å². The first-order valence-electron chi connectivity index (χ1n) is 11.2. The Labute approximate surface area is 202 Å². The van der Waals surface area contributed by atoms with Crippen LogP contribution >= 0.6 is 11.6 Å². The van der Waals surface area contributed by atoms with E-state index in [1.807, 2.05) is 41.3 Å². The molecule has 9 heteroatoms. The SMILES string of the molecule is COCC1C(=O)N(Cc2ccc3c(N)ncnc3c2)CCN1Cc1[nH]c2ccc(Cl)cc2c1C. The number of halogens is 1. The smallest absolute Gasteiger partial charge is 0.242 e. The van der Waals surface area contributed by atoms with Gasteiger partial charge in [-0.2, -0.15) is 0 Å². The van der Waals surface area contributed by atoms with Crippen LogP contribution in [0.1, 0.15) is 16.8 Å². The molecule has 2 aromatic heterocycles. The van der Waals surface area contributed by atoms with Crippen molar-refractivity contribution in [3.8, 4) is 0 Å². The predicted octanol–water partition coefficient (Wildman–Crippen LogP) is 3.51. The summed E-state index contributed by atoms with van der Waals surface area (Å²) in [4.78, 5) is 29.4. The Hall–Kier alpha value is -3.20. The molecule has 1 aliphatic heterocycles. The minimum Gasteiger partial charge on any atom is -0.383 e. The number of aryl methyl sites for hydroxylation is 1. The Morgan fingerprint density at radius 3 is 2.82 bits per heavy atom. The summed E-state index contributed by atoms with van der Waals surface area (Å²) in [5.74, 6) is 0.517. The first kappa shape index (κ1) is 22.6. The van der Waals surface area contributed by atoms with Crippen molar-refractivity contribution in [2.24, 2.45) is 0 Å². The van der Waals surface area contributed by atoms with E-state index in [2.05, 4.69) is 26.8 Å². The lowest BCUT2D eigenvalue weighted by Crippen LogP contribution is -2.57. The van der Waals surface area contributed by atoms with E-state index in [1.54, 1.807) is 7.11 Å². The van der Waals surface area contributed by atoms with Gasteiger partial charge in [0.25, 0.3) is 0 Å². The molecule has 0 spiro atoms. The number of nitrogens with zero attached hydrogens (tertiary/aromatic N) is 4. The summed E-state index contributed by atoms with van der Waals surface area (Å²) in [6.07, 6.45) is 1.46. The van der Waals surface area contributed by atoms with Gasteiger partial charge in [0.1, 0.15) is 18.2 Å². The van der Waals surface area contributed by atoms with Gasteiger partial charge in [0.15, 0.2) is 0 Å². The molecule has 1 fully saturated rings. The number of rotatable bonds is 6. The topological polar surface area (TPSA) is 100 Å². The summed E-state index contributed by atoms with van der Waals surface area (Å²) in [6.45, 7) is 4.95. The Kier molecular flexibility index (Phi) is 6.12. The van der Waals surface area contributed by atoms with Crippen LogP contribution in [-0.2, 0) is 22.6 Å². The van der Waals surface area contributed by atoms with Crippen molar-refractivity contribution >= 4 is 45.1 Å². The van der Waals surface area contributed by atoms with E-state index in [9.17, 15) is 4.79 Å². The molecule has 8 nitrogen and oxygen atoms in total. The lowest BCUT2D eigenvalue weighted by Gasteiger charge is -2.40. The molecule has 4 aromatic rings. The molecule has 1 amide bonds. The highest BCUT2D eigenvalue weighted by Crippen LogP contribution is 2.27. The van der Waals surface area contributed by atoms with Crippen LogP contribution in [0.4, 0.5) is 5.82 Å². The lowest BCUT2D eigenvalue weighted by atomic mass is 10.1. The monoisotopic (exact) mass is 478 g/mol. The minimum absolute atomic E-state index is 0.0622. The zero-order valence-corrected chi connectivity index (χ0v) is 20.0. The zero-order chi connectivity index (χ0) is 23.8. The Morgan fingerprint density at radius 1 is 1.15 bits per heavy atom. The molecule has 3 heterocycles. The second-order valence-electron chi connectivity index (χ2n) is 8.73. The molecule has 0 bridgehead atoms. The number of aromatic amines is 1. The number of nitrogen functional groups attached to an aromatic ring is 1. The fraction of sp³-hybridized carbons (Fsp3) is 0.320. The maximum atomic E-state index is 13.5. The summed E-state index contributed by atoms with van der Waals surface area (Å²) >= 11 is 6.19. The molecule has 5 rings (SSSR count). The molecule has 0 aliphatic carbocycles. The quantitative estimate of drug-likeness (QED) is 0.440. The number of ether oxygens (including phenoxy) is 1. The number of H-pyrrole nitrogens is 1. The largest absolute Gasteiger partial charge is 0.383 e. The fourth-order valence-corrected chi connectivity index (χ4v) is 4.89. The number of nitrogens with two attached hydrogens (primary N) is 1. The van der Waals surface area contributed by atoms with Crippen molar-refractivity contribution in [1.82, 2.24) is 24.8 Å². The van der Waals surface area contributed by atoms with Crippen LogP contribution < -0.4 is 5.73 Å². The highest BCUT2D eigenvalue weighted by Gasteiger charge is 2.35. The van der Waals surface area contributed by atoms with Crippen molar-refractivity contribution < 1.29 is 9.53 Å². The van der Waals surface area contributed by atoms with Gasteiger partial charge in [-0.15, -0.1) is 0 Å². The molecule has 34 heavy (non-hydrogen) atoms. The number of piperazine rings is 1. The highest BCUT2D eigenvalue weighted by atomic mass is 35.5. The summed E-state index contributed by atoms with van der Waals surface area (Å²) in [7, 11) is 1.63. The van der Waals surface area contributed by atoms with E-state index in [1.165, 1.54) is 6.33 Å². The van der Waals surface area contributed by atoms with Crippen molar-refractivity contribution in [2.45, 2.75) is 26.1 Å². The number of aromatic nitrogens is 3. The maximum Gasteiger partial charge on any atom is 0.242 e. The molecule has 1 unspecified atom stereocenters. The second kappa shape index (κ2) is 9.21. The van der Waals surface area contributed by atoms with Gasteiger partial charge in [0.05, 0.1) is 12.1 Å². The molecule has 1 saturated heterocycles. The summed E-state index contributed by atoms with van der Waals surface area (Å²) in [5, 5.41) is 2.64. The Balaban J connectivity index is 1.35. The van der Waals surface area contributed by atoms with Crippen LogP contribution in [0.15, 0.2) is 42.7 Å². The maximum absolute atomic E-state index is 13.5. The third kappa shape index (κ3) is 4.20. The molecule has 2 aromatic carbocycles. The summed E-state index contributed by atoms with van der Waals surface area (Å²) < 4.78 is 5.45. The number of carbonyl (C=O) groups excluding carboxylic acids is 1. The van der Waals surface area contributed by atoms with E-state index in [-0.39, 0.29) is 11.9 Å². The van der Waals surface area contributed by atoms with Crippen molar-refractivity contribution in [3.63, 3.8) is 0 Å². The zero-order valence-electron chi connectivity index (χ0n) is 19.2. The Bertz CT molecular complexity index is 1370. The van der Waals surface area contributed by atoms with Gasteiger partial charge in [-0.25, -0.2) is 9.97 Å². The van der Waals surface area contributed by atoms with Crippen LogP contribution in [0.2, 0.25) is 5.02 Å². The van der Waals surface area contributed by atoms with Crippen molar-refractivity contribution in [3.05, 3.63) is 64.6 Å². The summed E-state index contributed by atoms with van der Waals surface area (Å²) in [5.41, 5.74) is 11.0. The number of methoxy groups -OCH3 is 1. The third-order valence-electron chi connectivity index (χ3n) is 6.61. The number of amides is 1. The molecular formula is C25H27ClN6O2. The van der Waals surface area contributed by atoms with Crippen molar-refractivity contribution in [2.75, 3.05) is 32.5 Å². The fourth-order valence-electron chi connectivity index (χ4n) is 4.72. The normalized spacial score (nSPS) is 17.2. The van der Waals surface area contributed by atoms with E-state index in [4.69, 9.17) is 22.1 Å². The molecule has 1 atom stereocenters. The molecule has 176 valence electrons. The van der Waals surface area contributed by atoms with Crippen molar-refractivity contribution in [1.29, 1.82) is 0 Å². The van der Waals surface area contributed by atoms with Gasteiger partial charge in [0.2, 0.25) is 5.91 Å². The van der Waals surface area contributed by atoms with E-state index >= 15 is 0 Å². The van der Waals surface area contributed by atoms with Gasteiger partial charge >= 0.3 is 0 Å². The number of hydrogen-bond donors (Lipinski definition) is 2. The van der Waals surface area contributed by atoms with Gasteiger partial charge in [-0.05, 0) is 48.4 Å². The lowest BCUT2D eigenvalue weighted by molar-refractivity contribution is -0.145. The van der Waals surface area contributed by atoms with Gasteiger partial charge in [-0.3, -0.25) is 9.69 Å². The third-order valence-corrected chi connectivity index (χ3v) is 6.84. The number of fused-ring (bicyclic) bond motifs is 2. The minimum atomic E-state index is -0.355.